The Morgan fingerprint density at radius 1 is 1.42 bits per heavy atom. The van der Waals surface area contributed by atoms with Crippen LogP contribution in [0.5, 0.6) is 0 Å². The van der Waals surface area contributed by atoms with E-state index >= 15 is 0 Å². The largest absolute Gasteiger partial charge is 0.354 e. The molecule has 2 amide bonds. The zero-order valence-electron chi connectivity index (χ0n) is 10.4. The molecule has 1 heterocycles. The maximum absolute atomic E-state index is 13.0. The molecule has 0 radical (unpaired) electrons. The van der Waals surface area contributed by atoms with E-state index in [2.05, 4.69) is 5.32 Å². The van der Waals surface area contributed by atoms with Gasteiger partial charge in [0, 0.05) is 19.2 Å². The highest BCUT2D eigenvalue weighted by atomic mass is 19.1. The third-order valence-electron chi connectivity index (χ3n) is 2.84. The number of carbonyl (C=O) groups excluding carboxylic acids is 2. The van der Waals surface area contributed by atoms with Gasteiger partial charge in [-0.15, -0.1) is 0 Å². The molecule has 1 aromatic carbocycles. The normalized spacial score (nSPS) is 16.3. The van der Waals surface area contributed by atoms with Crippen molar-refractivity contribution in [2.45, 2.75) is 6.42 Å². The molecule has 1 N–H and O–H groups in total. The van der Waals surface area contributed by atoms with Crippen molar-refractivity contribution in [3.63, 3.8) is 0 Å². The van der Waals surface area contributed by atoms with E-state index in [0.717, 1.165) is 6.42 Å². The summed E-state index contributed by atoms with van der Waals surface area (Å²) in [6.07, 6.45) is 3.66. The predicted octanol–water partition coefficient (Wildman–Crippen LogP) is 1.19. The van der Waals surface area contributed by atoms with Gasteiger partial charge in [0.1, 0.15) is 5.82 Å². The molecular formula is C14H15FN2O2. The van der Waals surface area contributed by atoms with Crippen LogP contribution in [0, 0.1) is 5.82 Å². The van der Waals surface area contributed by atoms with Gasteiger partial charge < -0.3 is 10.2 Å². The number of amides is 2. The summed E-state index contributed by atoms with van der Waals surface area (Å²) in [4.78, 5) is 24.7. The number of hydrogen-bond donors (Lipinski definition) is 1. The van der Waals surface area contributed by atoms with Gasteiger partial charge >= 0.3 is 0 Å². The molecule has 19 heavy (non-hydrogen) atoms. The fourth-order valence-electron chi connectivity index (χ4n) is 1.88. The molecule has 0 atom stereocenters. The predicted molar refractivity (Wildman–Crippen MR) is 69.6 cm³/mol. The summed E-state index contributed by atoms with van der Waals surface area (Å²) in [5.41, 5.74) is 0.618. The van der Waals surface area contributed by atoms with Crippen molar-refractivity contribution in [3.8, 4) is 0 Å². The molecule has 0 unspecified atom stereocenters. The summed E-state index contributed by atoms with van der Waals surface area (Å²) >= 11 is 0. The molecule has 4 nitrogen and oxygen atoms in total. The molecule has 1 aliphatic rings. The average Bonchev–Trinajstić information content (AvgIpc) is 2.61. The molecular weight excluding hydrogens is 247 g/mol. The highest BCUT2D eigenvalue weighted by molar-refractivity contribution is 5.94. The van der Waals surface area contributed by atoms with Gasteiger partial charge in [0.2, 0.25) is 11.8 Å². The topological polar surface area (TPSA) is 49.4 Å². The fraction of sp³-hybridized carbons (Fsp3) is 0.286. The lowest BCUT2D eigenvalue weighted by Crippen LogP contribution is -2.36. The molecule has 5 heteroatoms. The lowest BCUT2D eigenvalue weighted by Gasteiger charge is -2.16. The summed E-state index contributed by atoms with van der Waals surface area (Å²) in [7, 11) is 0. The van der Waals surface area contributed by atoms with E-state index in [1.54, 1.807) is 18.2 Å². The molecule has 100 valence electrons. The van der Waals surface area contributed by atoms with Crippen LogP contribution in [0.4, 0.5) is 4.39 Å². The average molecular weight is 262 g/mol. The fourth-order valence-corrected chi connectivity index (χ4v) is 1.88. The Bertz CT molecular complexity index is 514. The van der Waals surface area contributed by atoms with E-state index in [0.29, 0.717) is 18.7 Å². The monoisotopic (exact) mass is 262 g/mol. The minimum absolute atomic E-state index is 0.0757. The molecule has 2 rings (SSSR count). The highest BCUT2D eigenvalue weighted by Crippen LogP contribution is 2.06. The lowest BCUT2D eigenvalue weighted by atomic mass is 10.2. The first-order valence-electron chi connectivity index (χ1n) is 6.14. The van der Waals surface area contributed by atoms with Crippen LogP contribution >= 0.6 is 0 Å². The summed E-state index contributed by atoms with van der Waals surface area (Å²) in [6, 6.07) is 5.98. The molecule has 1 saturated heterocycles. The highest BCUT2D eigenvalue weighted by Gasteiger charge is 2.17. The van der Waals surface area contributed by atoms with Crippen molar-refractivity contribution in [2.24, 2.45) is 0 Å². The Labute approximate surface area is 110 Å². The Balaban J connectivity index is 2.01. The van der Waals surface area contributed by atoms with Gasteiger partial charge in [-0.3, -0.25) is 9.59 Å². The SMILES string of the molecule is O=C1CN(C(=O)C=Cc2cccc(F)c2)CCCN1. The summed E-state index contributed by atoms with van der Waals surface area (Å²) in [5.74, 6) is -0.727. The maximum Gasteiger partial charge on any atom is 0.247 e. The molecule has 1 aliphatic heterocycles. The van der Waals surface area contributed by atoms with E-state index in [9.17, 15) is 14.0 Å². The van der Waals surface area contributed by atoms with Gasteiger partial charge in [-0.25, -0.2) is 4.39 Å². The van der Waals surface area contributed by atoms with Gasteiger partial charge in [-0.05, 0) is 30.2 Å². The van der Waals surface area contributed by atoms with E-state index in [4.69, 9.17) is 0 Å². The second-order valence-corrected chi connectivity index (χ2v) is 4.35. The Morgan fingerprint density at radius 2 is 2.26 bits per heavy atom. The second kappa shape index (κ2) is 6.13. The molecule has 0 saturated carbocycles. The van der Waals surface area contributed by atoms with Gasteiger partial charge in [0.25, 0.3) is 0 Å². The number of rotatable bonds is 2. The molecule has 0 aromatic heterocycles. The van der Waals surface area contributed by atoms with Crippen LogP contribution in [0.15, 0.2) is 30.3 Å². The maximum atomic E-state index is 13.0. The number of halogens is 1. The first-order valence-corrected chi connectivity index (χ1v) is 6.14. The Morgan fingerprint density at radius 3 is 3.05 bits per heavy atom. The third kappa shape index (κ3) is 3.91. The molecule has 0 aliphatic carbocycles. The van der Waals surface area contributed by atoms with Crippen LogP contribution < -0.4 is 5.32 Å². The van der Waals surface area contributed by atoms with E-state index in [-0.39, 0.29) is 24.2 Å². The van der Waals surface area contributed by atoms with Gasteiger partial charge in [-0.2, -0.15) is 0 Å². The molecule has 1 fully saturated rings. The Hall–Kier alpha value is -2.17. The van der Waals surface area contributed by atoms with E-state index in [1.807, 2.05) is 0 Å². The molecule has 0 bridgehead atoms. The van der Waals surface area contributed by atoms with Gasteiger partial charge in [0.15, 0.2) is 0 Å². The van der Waals surface area contributed by atoms with E-state index in [1.165, 1.54) is 23.1 Å². The summed E-state index contributed by atoms with van der Waals surface area (Å²) < 4.78 is 13.0. The van der Waals surface area contributed by atoms with Crippen molar-refractivity contribution in [1.29, 1.82) is 0 Å². The quantitative estimate of drug-likeness (QED) is 0.814. The number of carbonyl (C=O) groups is 2. The molecule has 1 aromatic rings. The number of benzene rings is 1. The van der Waals surface area contributed by atoms with Crippen molar-refractivity contribution in [3.05, 3.63) is 41.7 Å². The minimum Gasteiger partial charge on any atom is -0.354 e. The van der Waals surface area contributed by atoms with Crippen LogP contribution in [0.1, 0.15) is 12.0 Å². The van der Waals surface area contributed by atoms with Crippen LogP contribution in [0.25, 0.3) is 6.08 Å². The first-order chi connectivity index (χ1) is 9.15. The zero-order chi connectivity index (χ0) is 13.7. The minimum atomic E-state index is -0.344. The smallest absolute Gasteiger partial charge is 0.247 e. The van der Waals surface area contributed by atoms with Crippen LogP contribution in [0.3, 0.4) is 0 Å². The van der Waals surface area contributed by atoms with Crippen LogP contribution in [-0.2, 0) is 9.59 Å². The van der Waals surface area contributed by atoms with Gasteiger partial charge in [0.05, 0.1) is 6.54 Å². The van der Waals surface area contributed by atoms with E-state index < -0.39 is 0 Å². The van der Waals surface area contributed by atoms with Crippen molar-refractivity contribution in [2.75, 3.05) is 19.6 Å². The van der Waals surface area contributed by atoms with Crippen molar-refractivity contribution >= 4 is 17.9 Å². The van der Waals surface area contributed by atoms with Crippen molar-refractivity contribution < 1.29 is 14.0 Å². The number of nitrogens with zero attached hydrogens (tertiary/aromatic N) is 1. The Kier molecular flexibility index (Phi) is 4.28. The first kappa shape index (κ1) is 13.3. The summed E-state index contributed by atoms with van der Waals surface area (Å²) in [6.45, 7) is 1.22. The standard InChI is InChI=1S/C14H15FN2O2/c15-12-4-1-3-11(9-12)5-6-14(19)17-8-2-7-16-13(18)10-17/h1,3-6,9H,2,7-8,10H2,(H,16,18). The number of hydrogen-bond acceptors (Lipinski definition) is 2. The zero-order valence-corrected chi connectivity index (χ0v) is 10.4. The number of nitrogens with one attached hydrogen (secondary N) is 1. The van der Waals surface area contributed by atoms with Crippen LogP contribution in [0.2, 0.25) is 0 Å². The van der Waals surface area contributed by atoms with Crippen molar-refractivity contribution in [1.82, 2.24) is 10.2 Å². The van der Waals surface area contributed by atoms with Crippen LogP contribution in [-0.4, -0.2) is 36.3 Å². The lowest BCUT2D eigenvalue weighted by molar-refractivity contribution is -0.131. The second-order valence-electron chi connectivity index (χ2n) is 4.35. The third-order valence-corrected chi connectivity index (χ3v) is 2.84. The summed E-state index contributed by atoms with van der Waals surface area (Å²) in [5, 5.41) is 2.70. The van der Waals surface area contributed by atoms with Gasteiger partial charge in [-0.1, -0.05) is 12.1 Å². The molecule has 0 spiro atoms.